The van der Waals surface area contributed by atoms with E-state index in [1.807, 2.05) is 0 Å². The average molecular weight is 389 g/mol. The summed E-state index contributed by atoms with van der Waals surface area (Å²) in [6.45, 7) is -0.0712. The number of benzene rings is 1. The topological polar surface area (TPSA) is 70.0 Å². The number of aliphatic hydroxyl groups is 1. The fraction of sp³-hybridized carbons (Fsp3) is 0.375. The molecule has 0 radical (unpaired) electrons. The van der Waals surface area contributed by atoms with Crippen LogP contribution in [0.4, 0.5) is 17.6 Å². The van der Waals surface area contributed by atoms with Crippen LogP contribution < -0.4 is 5.32 Å². The number of H-pyrrole nitrogens is 1. The van der Waals surface area contributed by atoms with E-state index in [0.29, 0.717) is 11.4 Å². The van der Waals surface area contributed by atoms with Crippen molar-refractivity contribution in [2.24, 2.45) is 0 Å². The van der Waals surface area contributed by atoms with Crippen LogP contribution in [0, 0.1) is 28.0 Å². The Labute approximate surface area is 150 Å². The molecule has 0 saturated heterocycles. The lowest BCUT2D eigenvalue weighted by Gasteiger charge is -2.13. The summed E-state index contributed by atoms with van der Waals surface area (Å²) in [4.78, 5) is 14.7. The Morgan fingerprint density at radius 3 is 2.58 bits per heavy atom. The van der Waals surface area contributed by atoms with Crippen LogP contribution in [0.3, 0.4) is 0 Å². The van der Waals surface area contributed by atoms with Crippen molar-refractivity contribution in [3.05, 3.63) is 51.1 Å². The zero-order valence-corrected chi connectivity index (χ0v) is 14.2. The molecular weight excluding hydrogens is 374 g/mol. The van der Waals surface area contributed by atoms with E-state index in [2.05, 4.69) is 10.3 Å². The number of rotatable bonds is 5. The molecule has 1 atom stereocenters. The summed E-state index contributed by atoms with van der Waals surface area (Å²) >= 11 is 5.16. The molecule has 0 unspecified atom stereocenters. The summed E-state index contributed by atoms with van der Waals surface area (Å²) in [5, 5.41) is 11.2. The van der Waals surface area contributed by atoms with Crippen molar-refractivity contribution in [3.8, 4) is 0 Å². The number of aromatic amines is 1. The Morgan fingerprint density at radius 1 is 1.31 bits per heavy atom. The molecule has 1 aliphatic rings. The first-order valence-corrected chi connectivity index (χ1v) is 8.25. The largest absolute Gasteiger partial charge is 0.395 e. The predicted molar refractivity (Wildman–Crippen MR) is 86.1 cm³/mol. The van der Waals surface area contributed by atoms with Gasteiger partial charge in [0.25, 0.3) is 0 Å². The van der Waals surface area contributed by atoms with Crippen molar-refractivity contribution in [3.63, 3.8) is 0 Å². The van der Waals surface area contributed by atoms with Gasteiger partial charge in [-0.25, -0.2) is 17.6 Å². The maximum Gasteiger partial charge on any atom is 0.226 e. The molecule has 2 heterocycles. The molecule has 2 aromatic rings. The summed E-state index contributed by atoms with van der Waals surface area (Å²) in [5.74, 6) is -6.95. The molecule has 0 spiro atoms. The van der Waals surface area contributed by atoms with E-state index in [0.717, 1.165) is 0 Å². The normalized spacial score (nSPS) is 16.0. The monoisotopic (exact) mass is 389 g/mol. The van der Waals surface area contributed by atoms with Crippen LogP contribution in [-0.2, 0) is 24.2 Å². The maximum absolute atomic E-state index is 14.1. The second-order valence-electron chi connectivity index (χ2n) is 6.00. The summed E-state index contributed by atoms with van der Waals surface area (Å²) in [7, 11) is 0. The van der Waals surface area contributed by atoms with Crippen LogP contribution in [0.25, 0.3) is 0 Å². The van der Waals surface area contributed by atoms with Gasteiger partial charge in [-0.1, -0.05) is 0 Å². The van der Waals surface area contributed by atoms with Gasteiger partial charge in [0.1, 0.15) is 0 Å². The third-order valence-electron chi connectivity index (χ3n) is 4.35. The molecule has 140 valence electrons. The standard InChI is InChI=1S/C16H15F4N3O2S/c17-8-4-9(18)15(20)13(14(8)19)7-3-11-10(5-12(25)21-1-2-24)22-16(26)23(11)6-7/h4,7,24H,1-3,5-6H2,(H,21,25)(H,22,26)/t7-/m0/s1. The molecule has 3 N–H and O–H groups in total. The number of carbonyl (C=O) groups is 1. The van der Waals surface area contributed by atoms with Crippen LogP contribution in [0.1, 0.15) is 22.9 Å². The quantitative estimate of drug-likeness (QED) is 0.417. The van der Waals surface area contributed by atoms with Gasteiger partial charge in [0.15, 0.2) is 28.0 Å². The minimum absolute atomic E-state index is 0.0413. The first-order valence-electron chi connectivity index (χ1n) is 7.84. The Morgan fingerprint density at radius 2 is 1.96 bits per heavy atom. The summed E-state index contributed by atoms with van der Waals surface area (Å²) < 4.78 is 56.9. The Hall–Kier alpha value is -2.20. The molecule has 1 amide bonds. The lowest BCUT2D eigenvalue weighted by Crippen LogP contribution is -2.28. The summed E-state index contributed by atoms with van der Waals surface area (Å²) in [5.41, 5.74) is 0.365. The minimum atomic E-state index is -1.45. The second kappa shape index (κ2) is 7.20. The Balaban J connectivity index is 1.90. The number of nitrogens with zero attached hydrogens (tertiary/aromatic N) is 1. The average Bonchev–Trinajstić information content (AvgIpc) is 3.13. The van der Waals surface area contributed by atoms with E-state index in [9.17, 15) is 22.4 Å². The van der Waals surface area contributed by atoms with E-state index in [1.165, 1.54) is 0 Å². The van der Waals surface area contributed by atoms with Gasteiger partial charge in [-0.15, -0.1) is 0 Å². The first-order chi connectivity index (χ1) is 12.3. The number of imidazole rings is 1. The van der Waals surface area contributed by atoms with Gasteiger partial charge in [-0.3, -0.25) is 4.79 Å². The third-order valence-corrected chi connectivity index (χ3v) is 4.67. The minimum Gasteiger partial charge on any atom is -0.395 e. The van der Waals surface area contributed by atoms with Crippen LogP contribution in [0.5, 0.6) is 0 Å². The van der Waals surface area contributed by atoms with Crippen LogP contribution in [0.2, 0.25) is 0 Å². The highest BCUT2D eigenvalue weighted by Crippen LogP contribution is 2.36. The molecule has 0 fully saturated rings. The number of halogens is 4. The van der Waals surface area contributed by atoms with E-state index in [4.69, 9.17) is 17.3 Å². The number of aliphatic hydroxyl groups excluding tert-OH is 1. The zero-order chi connectivity index (χ0) is 19.0. The van der Waals surface area contributed by atoms with Crippen LogP contribution in [0.15, 0.2) is 6.07 Å². The van der Waals surface area contributed by atoms with Gasteiger partial charge in [0, 0.05) is 42.0 Å². The van der Waals surface area contributed by atoms with Crippen molar-refractivity contribution in [1.29, 1.82) is 0 Å². The van der Waals surface area contributed by atoms with Gasteiger partial charge < -0.3 is 20.0 Å². The van der Waals surface area contributed by atoms with Gasteiger partial charge in [-0.05, 0) is 18.6 Å². The predicted octanol–water partition coefficient (Wildman–Crippen LogP) is 2.09. The van der Waals surface area contributed by atoms with E-state index < -0.39 is 34.8 Å². The first kappa shape index (κ1) is 18.6. The molecule has 1 aromatic heterocycles. The Kier molecular flexibility index (Phi) is 5.15. The summed E-state index contributed by atoms with van der Waals surface area (Å²) in [6, 6.07) is 0.173. The van der Waals surface area contributed by atoms with Crippen molar-refractivity contribution >= 4 is 18.1 Å². The van der Waals surface area contributed by atoms with E-state index in [-0.39, 0.29) is 49.3 Å². The number of carbonyl (C=O) groups excluding carboxylic acids is 1. The van der Waals surface area contributed by atoms with E-state index >= 15 is 0 Å². The number of nitrogens with one attached hydrogen (secondary N) is 2. The molecular formula is C16H15F4N3O2S. The highest BCUT2D eigenvalue weighted by Gasteiger charge is 2.33. The summed E-state index contributed by atoms with van der Waals surface area (Å²) in [6.07, 6.45) is 0.00760. The molecule has 5 nitrogen and oxygen atoms in total. The van der Waals surface area contributed by atoms with Gasteiger partial charge in [0.2, 0.25) is 5.91 Å². The molecule has 0 aliphatic carbocycles. The number of amides is 1. The van der Waals surface area contributed by atoms with Crippen molar-refractivity contribution < 1.29 is 27.5 Å². The number of hydrogen-bond acceptors (Lipinski definition) is 3. The van der Waals surface area contributed by atoms with Crippen molar-refractivity contribution in [2.75, 3.05) is 13.2 Å². The highest BCUT2D eigenvalue weighted by molar-refractivity contribution is 7.71. The van der Waals surface area contributed by atoms with Crippen LogP contribution >= 0.6 is 12.2 Å². The lowest BCUT2D eigenvalue weighted by molar-refractivity contribution is -0.120. The van der Waals surface area contributed by atoms with Crippen molar-refractivity contribution in [1.82, 2.24) is 14.9 Å². The lowest BCUT2D eigenvalue weighted by atomic mass is 9.94. The molecule has 0 saturated carbocycles. The Bertz CT molecular complexity index is 899. The molecule has 1 aliphatic heterocycles. The number of aromatic nitrogens is 2. The number of hydrogen-bond donors (Lipinski definition) is 3. The fourth-order valence-electron chi connectivity index (χ4n) is 3.21. The third kappa shape index (κ3) is 3.26. The van der Waals surface area contributed by atoms with Gasteiger partial charge >= 0.3 is 0 Å². The number of fused-ring (bicyclic) bond motifs is 1. The van der Waals surface area contributed by atoms with Crippen molar-refractivity contribution in [2.45, 2.75) is 25.3 Å². The smallest absolute Gasteiger partial charge is 0.226 e. The SMILES string of the molecule is O=C(Cc1[nH]c(=S)n2c1C[C@H](c1c(F)c(F)cc(F)c1F)C2)NCCO. The van der Waals surface area contributed by atoms with Gasteiger partial charge in [0.05, 0.1) is 13.0 Å². The molecule has 3 rings (SSSR count). The molecule has 26 heavy (non-hydrogen) atoms. The van der Waals surface area contributed by atoms with E-state index in [1.54, 1.807) is 4.57 Å². The van der Waals surface area contributed by atoms with Gasteiger partial charge in [-0.2, -0.15) is 0 Å². The molecule has 0 bridgehead atoms. The maximum atomic E-state index is 14.1. The zero-order valence-electron chi connectivity index (χ0n) is 13.4. The molecule has 10 heteroatoms. The fourth-order valence-corrected chi connectivity index (χ4v) is 3.51. The molecule has 1 aromatic carbocycles. The second-order valence-corrected chi connectivity index (χ2v) is 6.39. The van der Waals surface area contributed by atoms with Crippen LogP contribution in [-0.4, -0.2) is 33.7 Å². The highest BCUT2D eigenvalue weighted by atomic mass is 32.1.